The van der Waals surface area contributed by atoms with Crippen molar-refractivity contribution in [3.8, 4) is 0 Å². The zero-order chi connectivity index (χ0) is 13.0. The Bertz CT molecular complexity index is 486. The number of rotatable bonds is 4. The smallest absolute Gasteiger partial charge is 0.146 e. The molecule has 5 heteroatoms. The number of pyridine rings is 2. The summed E-state index contributed by atoms with van der Waals surface area (Å²) in [7, 11) is 0. The van der Waals surface area contributed by atoms with Gasteiger partial charge in [-0.3, -0.25) is 9.97 Å². The molecule has 2 aromatic heterocycles. The Morgan fingerprint density at radius 3 is 2.72 bits per heavy atom. The monoisotopic (exact) mass is 249 g/mol. The summed E-state index contributed by atoms with van der Waals surface area (Å²) in [5, 5.41) is 3.03. The van der Waals surface area contributed by atoms with Gasteiger partial charge in [-0.1, -0.05) is 6.92 Å². The van der Waals surface area contributed by atoms with Gasteiger partial charge in [0.15, 0.2) is 0 Å². The summed E-state index contributed by atoms with van der Waals surface area (Å²) in [6.45, 7) is 2.44. The van der Waals surface area contributed by atoms with Crippen molar-refractivity contribution < 1.29 is 8.78 Å². The Morgan fingerprint density at radius 1 is 1.22 bits per heavy atom. The molecule has 0 saturated heterocycles. The molecular weight excluding hydrogens is 236 g/mol. The van der Waals surface area contributed by atoms with Gasteiger partial charge in [0.25, 0.3) is 0 Å². The summed E-state index contributed by atoms with van der Waals surface area (Å²) in [5.41, 5.74) is 0.522. The molecule has 2 heterocycles. The highest BCUT2D eigenvalue weighted by Crippen LogP contribution is 2.24. The topological polar surface area (TPSA) is 37.8 Å². The molecule has 0 aromatic carbocycles. The van der Waals surface area contributed by atoms with Crippen LogP contribution in [0.3, 0.4) is 0 Å². The summed E-state index contributed by atoms with van der Waals surface area (Å²) in [6, 6.07) is 3.73. The van der Waals surface area contributed by atoms with Gasteiger partial charge in [-0.15, -0.1) is 0 Å². The molecule has 0 saturated carbocycles. The van der Waals surface area contributed by atoms with E-state index in [1.807, 2.05) is 6.92 Å². The zero-order valence-electron chi connectivity index (χ0n) is 9.90. The van der Waals surface area contributed by atoms with Crippen LogP contribution in [0.4, 0.5) is 8.78 Å². The van der Waals surface area contributed by atoms with Crippen LogP contribution in [0.1, 0.15) is 24.2 Å². The molecule has 94 valence electrons. The van der Waals surface area contributed by atoms with E-state index >= 15 is 0 Å². The number of aromatic nitrogens is 2. The van der Waals surface area contributed by atoms with Crippen molar-refractivity contribution in [2.75, 3.05) is 6.54 Å². The number of hydrogen-bond donors (Lipinski definition) is 1. The number of nitrogens with zero attached hydrogens (tertiary/aromatic N) is 2. The molecule has 0 radical (unpaired) electrons. The second kappa shape index (κ2) is 5.64. The quantitative estimate of drug-likeness (QED) is 0.904. The third kappa shape index (κ3) is 2.51. The SMILES string of the molecule is CCNC(c1ccncc1F)c1ncccc1F. The van der Waals surface area contributed by atoms with Crippen LogP contribution < -0.4 is 5.32 Å². The average molecular weight is 249 g/mol. The van der Waals surface area contributed by atoms with Gasteiger partial charge in [0.1, 0.15) is 11.6 Å². The standard InChI is InChI=1S/C13H13F2N3/c1-2-17-12(9-5-7-16-8-11(9)15)13-10(14)4-3-6-18-13/h3-8,12,17H,2H2,1H3. The second-order valence-corrected chi connectivity index (χ2v) is 3.76. The van der Waals surface area contributed by atoms with Gasteiger partial charge in [0.05, 0.1) is 17.9 Å². The minimum atomic E-state index is -0.612. The lowest BCUT2D eigenvalue weighted by molar-refractivity contribution is 0.516. The van der Waals surface area contributed by atoms with Crippen LogP contribution in [0.2, 0.25) is 0 Å². The Morgan fingerprint density at radius 2 is 2.06 bits per heavy atom. The molecule has 1 unspecified atom stereocenters. The molecule has 18 heavy (non-hydrogen) atoms. The Hall–Kier alpha value is -1.88. The maximum Gasteiger partial charge on any atom is 0.146 e. The van der Waals surface area contributed by atoms with Crippen LogP contribution in [-0.4, -0.2) is 16.5 Å². The van der Waals surface area contributed by atoms with Crippen LogP contribution in [0.15, 0.2) is 36.8 Å². The van der Waals surface area contributed by atoms with Crippen LogP contribution in [0.5, 0.6) is 0 Å². The third-order valence-corrected chi connectivity index (χ3v) is 2.58. The van der Waals surface area contributed by atoms with Crippen molar-refractivity contribution in [2.24, 2.45) is 0 Å². The molecule has 0 fully saturated rings. The summed E-state index contributed by atoms with van der Waals surface area (Å²) in [6.07, 6.45) is 4.08. The lowest BCUT2D eigenvalue weighted by Crippen LogP contribution is -2.25. The lowest BCUT2D eigenvalue weighted by Gasteiger charge is -2.18. The molecule has 0 aliphatic heterocycles. The van der Waals surface area contributed by atoms with Gasteiger partial charge in [0.2, 0.25) is 0 Å². The fourth-order valence-corrected chi connectivity index (χ4v) is 1.79. The normalized spacial score (nSPS) is 12.4. The highest BCUT2D eigenvalue weighted by molar-refractivity contribution is 5.27. The molecule has 0 bridgehead atoms. The third-order valence-electron chi connectivity index (χ3n) is 2.58. The number of hydrogen-bond acceptors (Lipinski definition) is 3. The largest absolute Gasteiger partial charge is 0.305 e. The molecule has 0 aliphatic carbocycles. The maximum atomic E-state index is 13.7. The van der Waals surface area contributed by atoms with E-state index in [-0.39, 0.29) is 5.69 Å². The predicted molar refractivity (Wildman–Crippen MR) is 63.9 cm³/mol. The molecule has 2 aromatic rings. The first kappa shape index (κ1) is 12.6. The van der Waals surface area contributed by atoms with E-state index in [4.69, 9.17) is 0 Å². The number of halogens is 2. The van der Waals surface area contributed by atoms with E-state index < -0.39 is 17.7 Å². The van der Waals surface area contributed by atoms with Gasteiger partial charge >= 0.3 is 0 Å². The van der Waals surface area contributed by atoms with Gasteiger partial charge in [0, 0.05) is 18.0 Å². The molecular formula is C13H13F2N3. The highest BCUT2D eigenvalue weighted by atomic mass is 19.1. The maximum absolute atomic E-state index is 13.7. The molecule has 2 rings (SSSR count). The van der Waals surface area contributed by atoms with Crippen molar-refractivity contribution in [1.29, 1.82) is 0 Å². The fraction of sp³-hybridized carbons (Fsp3) is 0.231. The number of nitrogens with one attached hydrogen (secondary N) is 1. The van der Waals surface area contributed by atoms with E-state index in [9.17, 15) is 8.78 Å². The van der Waals surface area contributed by atoms with Crippen LogP contribution in [0.25, 0.3) is 0 Å². The van der Waals surface area contributed by atoms with Crippen molar-refractivity contribution in [3.05, 3.63) is 59.7 Å². The van der Waals surface area contributed by atoms with Gasteiger partial charge < -0.3 is 5.32 Å². The Labute approximate surface area is 104 Å². The van der Waals surface area contributed by atoms with Gasteiger partial charge in [-0.2, -0.15) is 0 Å². The highest BCUT2D eigenvalue weighted by Gasteiger charge is 2.21. The van der Waals surface area contributed by atoms with Crippen LogP contribution in [-0.2, 0) is 0 Å². The van der Waals surface area contributed by atoms with Gasteiger partial charge in [-0.05, 0) is 24.7 Å². The summed E-state index contributed by atoms with van der Waals surface area (Å²) < 4.78 is 27.5. The minimum Gasteiger partial charge on any atom is -0.305 e. The van der Waals surface area contributed by atoms with E-state index in [1.165, 1.54) is 30.6 Å². The molecule has 3 nitrogen and oxygen atoms in total. The van der Waals surface area contributed by atoms with Crippen molar-refractivity contribution in [2.45, 2.75) is 13.0 Å². The Balaban J connectivity index is 2.47. The zero-order valence-corrected chi connectivity index (χ0v) is 9.90. The van der Waals surface area contributed by atoms with Gasteiger partial charge in [-0.25, -0.2) is 8.78 Å². The molecule has 0 aliphatic rings. The second-order valence-electron chi connectivity index (χ2n) is 3.76. The Kier molecular flexibility index (Phi) is 3.94. The van der Waals surface area contributed by atoms with E-state index in [0.717, 1.165) is 6.20 Å². The van der Waals surface area contributed by atoms with E-state index in [2.05, 4.69) is 15.3 Å². The van der Waals surface area contributed by atoms with Crippen molar-refractivity contribution >= 4 is 0 Å². The van der Waals surface area contributed by atoms with Crippen LogP contribution in [0, 0.1) is 11.6 Å². The van der Waals surface area contributed by atoms with E-state index in [0.29, 0.717) is 12.1 Å². The first-order valence-corrected chi connectivity index (χ1v) is 5.67. The summed E-state index contributed by atoms with van der Waals surface area (Å²) in [5.74, 6) is -0.937. The fourth-order valence-electron chi connectivity index (χ4n) is 1.79. The molecule has 1 N–H and O–H groups in total. The van der Waals surface area contributed by atoms with E-state index in [1.54, 1.807) is 0 Å². The average Bonchev–Trinajstić information content (AvgIpc) is 2.38. The first-order valence-electron chi connectivity index (χ1n) is 5.67. The van der Waals surface area contributed by atoms with Crippen LogP contribution >= 0.6 is 0 Å². The minimum absolute atomic E-state index is 0.185. The molecule has 1 atom stereocenters. The summed E-state index contributed by atoms with van der Waals surface area (Å²) in [4.78, 5) is 7.68. The predicted octanol–water partition coefficient (Wildman–Crippen LogP) is 2.45. The lowest BCUT2D eigenvalue weighted by atomic mass is 10.0. The first-order chi connectivity index (χ1) is 8.74. The summed E-state index contributed by atoms with van der Waals surface area (Å²) >= 11 is 0. The van der Waals surface area contributed by atoms with Crippen molar-refractivity contribution in [1.82, 2.24) is 15.3 Å². The molecule has 0 amide bonds. The van der Waals surface area contributed by atoms with Crippen molar-refractivity contribution in [3.63, 3.8) is 0 Å². The molecule has 0 spiro atoms.